The molecule has 0 spiro atoms. The molecule has 0 aliphatic carbocycles. The number of nitrogens with zero attached hydrogens (tertiary/aromatic N) is 1. The summed E-state index contributed by atoms with van der Waals surface area (Å²) in [4.78, 5) is 2.28. The molecule has 0 bridgehead atoms. The highest BCUT2D eigenvalue weighted by Crippen LogP contribution is 2.15. The van der Waals surface area contributed by atoms with Gasteiger partial charge in [-0.25, -0.2) is 4.39 Å². The molecule has 1 saturated heterocycles. The summed E-state index contributed by atoms with van der Waals surface area (Å²) in [7, 11) is 1.90. The first kappa shape index (κ1) is 14.4. The second kappa shape index (κ2) is 6.98. The van der Waals surface area contributed by atoms with E-state index in [1.54, 1.807) is 6.07 Å². The van der Waals surface area contributed by atoms with Crippen LogP contribution < -0.4 is 5.32 Å². The second-order valence-electron chi connectivity index (χ2n) is 5.23. The van der Waals surface area contributed by atoms with Gasteiger partial charge in [-0.1, -0.05) is 12.1 Å². The number of rotatable bonds is 4. The first-order chi connectivity index (χ1) is 9.19. The molecule has 3 nitrogen and oxygen atoms in total. The van der Waals surface area contributed by atoms with Crippen molar-refractivity contribution >= 4 is 0 Å². The quantitative estimate of drug-likeness (QED) is 0.904. The first-order valence-electron chi connectivity index (χ1n) is 6.95. The lowest BCUT2D eigenvalue weighted by Gasteiger charge is -2.22. The van der Waals surface area contributed by atoms with E-state index < -0.39 is 0 Å². The maximum absolute atomic E-state index is 13.9. The Morgan fingerprint density at radius 1 is 1.47 bits per heavy atom. The van der Waals surface area contributed by atoms with Gasteiger partial charge in [-0.05, 0) is 32.0 Å². The zero-order valence-electron chi connectivity index (χ0n) is 11.8. The highest BCUT2D eigenvalue weighted by molar-refractivity contribution is 5.25. The van der Waals surface area contributed by atoms with Crippen molar-refractivity contribution in [3.63, 3.8) is 0 Å². The molecule has 1 fully saturated rings. The minimum absolute atomic E-state index is 0.113. The number of hydrogen-bond acceptors (Lipinski definition) is 3. The molecule has 2 rings (SSSR count). The van der Waals surface area contributed by atoms with Crippen molar-refractivity contribution in [2.24, 2.45) is 0 Å². The van der Waals surface area contributed by atoms with Crippen LogP contribution in [0, 0.1) is 5.82 Å². The fraction of sp³-hybridized carbons (Fsp3) is 0.600. The van der Waals surface area contributed by atoms with E-state index in [4.69, 9.17) is 4.74 Å². The number of benzene rings is 1. The van der Waals surface area contributed by atoms with Gasteiger partial charge >= 0.3 is 0 Å². The molecule has 1 heterocycles. The molecule has 1 aliphatic heterocycles. The summed E-state index contributed by atoms with van der Waals surface area (Å²) < 4.78 is 19.5. The Kier molecular flexibility index (Phi) is 5.31. The first-order valence-corrected chi connectivity index (χ1v) is 6.95. The molecule has 1 aromatic carbocycles. The van der Waals surface area contributed by atoms with Crippen molar-refractivity contribution in [2.75, 3.05) is 26.7 Å². The van der Waals surface area contributed by atoms with E-state index in [2.05, 4.69) is 17.1 Å². The number of nitrogens with one attached hydrogen (secondary N) is 1. The Morgan fingerprint density at radius 2 is 2.32 bits per heavy atom. The molecule has 1 aliphatic rings. The van der Waals surface area contributed by atoms with E-state index in [1.807, 2.05) is 19.2 Å². The highest BCUT2D eigenvalue weighted by atomic mass is 19.1. The molecule has 0 aromatic heterocycles. The van der Waals surface area contributed by atoms with Gasteiger partial charge in [0, 0.05) is 38.3 Å². The van der Waals surface area contributed by atoms with Gasteiger partial charge < -0.3 is 10.1 Å². The molecule has 1 unspecified atom stereocenters. The predicted molar refractivity (Wildman–Crippen MR) is 74.5 cm³/mol. The molecule has 106 valence electrons. The van der Waals surface area contributed by atoms with Crippen molar-refractivity contribution in [3.8, 4) is 0 Å². The van der Waals surface area contributed by atoms with Crippen LogP contribution in [0.2, 0.25) is 0 Å². The predicted octanol–water partition coefficient (Wildman–Crippen LogP) is 2.16. The van der Waals surface area contributed by atoms with Gasteiger partial charge in [0.05, 0.1) is 6.10 Å². The summed E-state index contributed by atoms with van der Waals surface area (Å²) >= 11 is 0. The molecule has 1 aromatic rings. The van der Waals surface area contributed by atoms with Crippen LogP contribution >= 0.6 is 0 Å². The van der Waals surface area contributed by atoms with E-state index in [-0.39, 0.29) is 11.9 Å². The summed E-state index contributed by atoms with van der Waals surface area (Å²) in [6, 6.07) is 5.37. The monoisotopic (exact) mass is 266 g/mol. The lowest BCUT2D eigenvalue weighted by Crippen LogP contribution is -2.30. The van der Waals surface area contributed by atoms with Crippen molar-refractivity contribution < 1.29 is 9.13 Å². The van der Waals surface area contributed by atoms with Crippen LogP contribution in [0.1, 0.15) is 24.5 Å². The lowest BCUT2D eigenvalue weighted by atomic mass is 10.1. The van der Waals surface area contributed by atoms with Gasteiger partial charge in [0.25, 0.3) is 0 Å². The van der Waals surface area contributed by atoms with Gasteiger partial charge in [0.2, 0.25) is 0 Å². The summed E-state index contributed by atoms with van der Waals surface area (Å²) in [5.74, 6) is -0.113. The van der Waals surface area contributed by atoms with E-state index in [0.29, 0.717) is 6.54 Å². The molecule has 0 amide bonds. The Labute approximate surface area is 114 Å². The zero-order valence-corrected chi connectivity index (χ0v) is 11.8. The van der Waals surface area contributed by atoms with Crippen LogP contribution in [-0.4, -0.2) is 37.7 Å². The normalized spacial score (nSPS) is 21.3. The third-order valence-corrected chi connectivity index (χ3v) is 3.42. The fourth-order valence-corrected chi connectivity index (χ4v) is 2.53. The Bertz CT molecular complexity index is 411. The van der Waals surface area contributed by atoms with Gasteiger partial charge in [0.15, 0.2) is 0 Å². The summed E-state index contributed by atoms with van der Waals surface area (Å²) in [5.41, 5.74) is 1.90. The Balaban J connectivity index is 2.06. The average Bonchev–Trinajstić information content (AvgIpc) is 2.58. The van der Waals surface area contributed by atoms with E-state index >= 15 is 0 Å². The second-order valence-corrected chi connectivity index (χ2v) is 5.23. The number of halogens is 1. The van der Waals surface area contributed by atoms with Gasteiger partial charge in [-0.15, -0.1) is 0 Å². The third-order valence-electron chi connectivity index (χ3n) is 3.42. The van der Waals surface area contributed by atoms with E-state index in [0.717, 1.165) is 43.8 Å². The zero-order chi connectivity index (χ0) is 13.7. The SMILES string of the molecule is CNCc1ccc(F)c(CN2CCCOC(C)C2)c1. The van der Waals surface area contributed by atoms with Crippen LogP contribution in [0.4, 0.5) is 4.39 Å². The average molecular weight is 266 g/mol. The highest BCUT2D eigenvalue weighted by Gasteiger charge is 2.16. The lowest BCUT2D eigenvalue weighted by molar-refractivity contribution is 0.0666. The van der Waals surface area contributed by atoms with Crippen LogP contribution in [0.5, 0.6) is 0 Å². The van der Waals surface area contributed by atoms with E-state index in [9.17, 15) is 4.39 Å². The maximum atomic E-state index is 13.9. The van der Waals surface area contributed by atoms with Crippen LogP contribution in [-0.2, 0) is 17.8 Å². The topological polar surface area (TPSA) is 24.5 Å². The smallest absolute Gasteiger partial charge is 0.127 e. The molecule has 1 atom stereocenters. The molecular weight excluding hydrogens is 243 g/mol. The fourth-order valence-electron chi connectivity index (χ4n) is 2.53. The summed E-state index contributed by atoms with van der Waals surface area (Å²) in [6.07, 6.45) is 1.24. The molecule has 1 N–H and O–H groups in total. The Morgan fingerprint density at radius 3 is 3.11 bits per heavy atom. The third kappa shape index (κ3) is 4.27. The van der Waals surface area contributed by atoms with Crippen molar-refractivity contribution in [3.05, 3.63) is 35.1 Å². The van der Waals surface area contributed by atoms with Crippen LogP contribution in [0.3, 0.4) is 0 Å². The van der Waals surface area contributed by atoms with Crippen LogP contribution in [0.25, 0.3) is 0 Å². The Hall–Kier alpha value is -0.970. The minimum atomic E-state index is -0.113. The molecule has 0 radical (unpaired) electrons. The maximum Gasteiger partial charge on any atom is 0.127 e. The molecular formula is C15H23FN2O. The standard InChI is InChI=1S/C15H23FN2O/c1-12-10-18(6-3-7-19-12)11-14-8-13(9-17-2)4-5-15(14)16/h4-5,8,12,17H,3,6-7,9-11H2,1-2H3. The van der Waals surface area contributed by atoms with Crippen molar-refractivity contribution in [1.29, 1.82) is 0 Å². The molecule has 19 heavy (non-hydrogen) atoms. The molecule has 4 heteroatoms. The minimum Gasteiger partial charge on any atom is -0.377 e. The van der Waals surface area contributed by atoms with Crippen molar-refractivity contribution in [1.82, 2.24) is 10.2 Å². The van der Waals surface area contributed by atoms with E-state index in [1.165, 1.54) is 0 Å². The molecule has 0 saturated carbocycles. The largest absolute Gasteiger partial charge is 0.377 e. The number of ether oxygens (including phenoxy) is 1. The van der Waals surface area contributed by atoms with Gasteiger partial charge in [-0.3, -0.25) is 4.90 Å². The van der Waals surface area contributed by atoms with Gasteiger partial charge in [0.1, 0.15) is 5.82 Å². The van der Waals surface area contributed by atoms with Gasteiger partial charge in [-0.2, -0.15) is 0 Å². The number of hydrogen-bond donors (Lipinski definition) is 1. The summed E-state index contributed by atoms with van der Waals surface area (Å²) in [6.45, 7) is 6.16. The van der Waals surface area contributed by atoms with Crippen LogP contribution in [0.15, 0.2) is 18.2 Å². The summed E-state index contributed by atoms with van der Waals surface area (Å²) in [5, 5.41) is 3.10. The van der Waals surface area contributed by atoms with Crippen molar-refractivity contribution in [2.45, 2.75) is 32.5 Å².